The molecule has 2 amide bonds. The van der Waals surface area contributed by atoms with E-state index in [2.05, 4.69) is 20.5 Å². The second-order valence-corrected chi connectivity index (χ2v) is 4.54. The topological polar surface area (TPSA) is 85.2 Å². The molecule has 0 aromatic carbocycles. The van der Waals surface area contributed by atoms with Crippen LogP contribution in [-0.2, 0) is 22.3 Å². The third-order valence-electron chi connectivity index (χ3n) is 2.81. The molecule has 22 heavy (non-hydrogen) atoms. The molecule has 0 saturated carbocycles. The molecule has 1 aromatic heterocycles. The Hall–Kier alpha value is -2.26. The van der Waals surface area contributed by atoms with Gasteiger partial charge in [0.15, 0.2) is 5.69 Å². The Labute approximate surface area is 124 Å². The number of alkyl carbamates (subject to hydrolysis) is 1. The summed E-state index contributed by atoms with van der Waals surface area (Å²) >= 11 is 0. The molecule has 7 nitrogen and oxygen atoms in total. The molecule has 1 atom stereocenters. The summed E-state index contributed by atoms with van der Waals surface area (Å²) in [6.07, 6.45) is -5.25. The highest BCUT2D eigenvalue weighted by Crippen LogP contribution is 2.28. The summed E-state index contributed by atoms with van der Waals surface area (Å²) in [5.74, 6) is -0.480. The van der Waals surface area contributed by atoms with E-state index >= 15 is 0 Å². The van der Waals surface area contributed by atoms with E-state index in [0.717, 1.165) is 10.7 Å². The van der Waals surface area contributed by atoms with E-state index in [9.17, 15) is 22.8 Å². The number of rotatable bonds is 5. The van der Waals surface area contributed by atoms with Crippen LogP contribution in [0.15, 0.2) is 6.07 Å². The summed E-state index contributed by atoms with van der Waals surface area (Å²) in [4.78, 5) is 22.6. The van der Waals surface area contributed by atoms with Gasteiger partial charge in [-0.1, -0.05) is 0 Å². The second kappa shape index (κ2) is 7.14. The van der Waals surface area contributed by atoms with Crippen LogP contribution >= 0.6 is 0 Å². The van der Waals surface area contributed by atoms with E-state index in [1.165, 1.54) is 21.0 Å². The van der Waals surface area contributed by atoms with Crippen molar-refractivity contribution >= 4 is 12.0 Å². The van der Waals surface area contributed by atoms with Crippen molar-refractivity contribution in [2.24, 2.45) is 0 Å². The molecule has 1 unspecified atom stereocenters. The van der Waals surface area contributed by atoms with Gasteiger partial charge < -0.3 is 15.4 Å². The Balaban J connectivity index is 2.49. The number of nitrogens with one attached hydrogen (secondary N) is 2. The van der Waals surface area contributed by atoms with Crippen molar-refractivity contribution in [2.75, 3.05) is 13.7 Å². The lowest BCUT2D eigenvalue weighted by Gasteiger charge is -2.13. The molecule has 10 heteroatoms. The van der Waals surface area contributed by atoms with Crippen LogP contribution in [0.5, 0.6) is 0 Å². The predicted molar refractivity (Wildman–Crippen MR) is 70.0 cm³/mol. The lowest BCUT2D eigenvalue weighted by atomic mass is 10.3. The van der Waals surface area contributed by atoms with Gasteiger partial charge in [-0.3, -0.25) is 9.48 Å². The number of hydrogen-bond acceptors (Lipinski definition) is 4. The number of ether oxygens (including phenoxy) is 1. The first-order chi connectivity index (χ1) is 10.1. The number of hydrogen-bond donors (Lipinski definition) is 2. The first-order valence-electron chi connectivity index (χ1n) is 6.39. The summed E-state index contributed by atoms with van der Waals surface area (Å²) in [6.45, 7) is 3.10. The zero-order valence-electron chi connectivity index (χ0n) is 12.3. The van der Waals surface area contributed by atoms with Crippen molar-refractivity contribution in [3.05, 3.63) is 17.5 Å². The molecule has 124 valence electrons. The molecule has 0 radical (unpaired) electrons. The maximum absolute atomic E-state index is 12.5. The summed E-state index contributed by atoms with van der Waals surface area (Å²) in [6, 6.07) is 0.111. The average molecular weight is 322 g/mol. The lowest BCUT2D eigenvalue weighted by Crippen LogP contribution is -2.45. The van der Waals surface area contributed by atoms with Gasteiger partial charge in [0.25, 0.3) is 0 Å². The Bertz CT molecular complexity index is 542. The summed E-state index contributed by atoms with van der Waals surface area (Å²) in [5.41, 5.74) is -0.639. The second-order valence-electron chi connectivity index (χ2n) is 4.54. The molecular formula is C12H17F3N4O3. The van der Waals surface area contributed by atoms with Gasteiger partial charge in [-0.05, 0) is 19.9 Å². The molecule has 1 rings (SSSR count). The maximum atomic E-state index is 12.5. The van der Waals surface area contributed by atoms with Crippen molar-refractivity contribution in [1.82, 2.24) is 20.4 Å². The van der Waals surface area contributed by atoms with E-state index in [0.29, 0.717) is 5.69 Å². The van der Waals surface area contributed by atoms with E-state index in [1.807, 2.05) is 0 Å². The summed E-state index contributed by atoms with van der Waals surface area (Å²) < 4.78 is 43.0. The fourth-order valence-corrected chi connectivity index (χ4v) is 1.61. The SMILES string of the molecule is COC(=O)NC(C)C(=O)NCCn1nc(C(F)(F)F)cc1C. The number of carbonyl (C=O) groups excluding carboxylic acids is 2. The summed E-state index contributed by atoms with van der Waals surface area (Å²) in [7, 11) is 1.17. The standard InChI is InChI=1S/C12H17F3N4O3/c1-7-6-9(12(13,14)15)18-19(7)5-4-16-10(20)8(2)17-11(21)22-3/h6,8H,4-5H2,1-3H3,(H,16,20)(H,17,21). The lowest BCUT2D eigenvalue weighted by molar-refractivity contribution is -0.141. The molecular weight excluding hydrogens is 305 g/mol. The van der Waals surface area contributed by atoms with Crippen LogP contribution in [-0.4, -0.2) is 41.5 Å². The molecule has 0 aliphatic carbocycles. The highest BCUT2D eigenvalue weighted by atomic mass is 19.4. The first kappa shape index (κ1) is 17.8. The van der Waals surface area contributed by atoms with Crippen LogP contribution in [0.1, 0.15) is 18.3 Å². The molecule has 0 fully saturated rings. The van der Waals surface area contributed by atoms with E-state index in [1.54, 1.807) is 0 Å². The number of methoxy groups -OCH3 is 1. The van der Waals surface area contributed by atoms with Gasteiger partial charge >= 0.3 is 12.3 Å². The molecule has 0 aliphatic rings. The van der Waals surface area contributed by atoms with Gasteiger partial charge in [-0.2, -0.15) is 18.3 Å². The Kier molecular flexibility index (Phi) is 5.77. The third kappa shape index (κ3) is 4.93. The zero-order valence-corrected chi connectivity index (χ0v) is 12.3. The normalized spacial score (nSPS) is 12.6. The van der Waals surface area contributed by atoms with E-state index < -0.39 is 29.9 Å². The number of carbonyl (C=O) groups is 2. The number of alkyl halides is 3. The Morgan fingerprint density at radius 2 is 2.09 bits per heavy atom. The minimum Gasteiger partial charge on any atom is -0.453 e. The van der Waals surface area contributed by atoms with E-state index in [-0.39, 0.29) is 13.1 Å². The molecule has 2 N–H and O–H groups in total. The Morgan fingerprint density at radius 1 is 1.45 bits per heavy atom. The van der Waals surface area contributed by atoms with Crippen LogP contribution in [0.4, 0.5) is 18.0 Å². The monoisotopic (exact) mass is 322 g/mol. The molecule has 0 saturated heterocycles. The molecule has 0 bridgehead atoms. The number of amides is 2. The highest BCUT2D eigenvalue weighted by Gasteiger charge is 2.34. The van der Waals surface area contributed by atoms with Crippen LogP contribution < -0.4 is 10.6 Å². The average Bonchev–Trinajstić information content (AvgIpc) is 2.80. The molecule has 1 heterocycles. The third-order valence-corrected chi connectivity index (χ3v) is 2.81. The minimum atomic E-state index is -4.50. The smallest absolute Gasteiger partial charge is 0.435 e. The van der Waals surface area contributed by atoms with Gasteiger partial charge in [-0.25, -0.2) is 4.79 Å². The van der Waals surface area contributed by atoms with Gasteiger partial charge in [-0.15, -0.1) is 0 Å². The van der Waals surface area contributed by atoms with Crippen molar-refractivity contribution < 1.29 is 27.5 Å². The maximum Gasteiger partial charge on any atom is 0.435 e. The summed E-state index contributed by atoms with van der Waals surface area (Å²) in [5, 5.41) is 8.19. The zero-order chi connectivity index (χ0) is 16.9. The molecule has 0 spiro atoms. The first-order valence-corrected chi connectivity index (χ1v) is 6.39. The number of aryl methyl sites for hydroxylation is 1. The van der Waals surface area contributed by atoms with Gasteiger partial charge in [0.2, 0.25) is 5.91 Å². The van der Waals surface area contributed by atoms with Crippen molar-refractivity contribution in [2.45, 2.75) is 32.6 Å². The predicted octanol–water partition coefficient (Wildman–Crippen LogP) is 1.07. The highest BCUT2D eigenvalue weighted by molar-refractivity contribution is 5.85. The van der Waals surface area contributed by atoms with Crippen molar-refractivity contribution in [3.8, 4) is 0 Å². The van der Waals surface area contributed by atoms with Gasteiger partial charge in [0, 0.05) is 12.2 Å². The number of halogens is 3. The quantitative estimate of drug-likeness (QED) is 0.849. The molecule has 0 aliphatic heterocycles. The fourth-order valence-electron chi connectivity index (χ4n) is 1.61. The van der Waals surface area contributed by atoms with Crippen LogP contribution in [0.2, 0.25) is 0 Å². The van der Waals surface area contributed by atoms with Crippen LogP contribution in [0.3, 0.4) is 0 Å². The molecule has 1 aromatic rings. The number of nitrogens with zero attached hydrogens (tertiary/aromatic N) is 2. The van der Waals surface area contributed by atoms with Gasteiger partial charge in [0.1, 0.15) is 6.04 Å². The number of aromatic nitrogens is 2. The van der Waals surface area contributed by atoms with Crippen LogP contribution in [0, 0.1) is 6.92 Å². The van der Waals surface area contributed by atoms with Crippen LogP contribution in [0.25, 0.3) is 0 Å². The largest absolute Gasteiger partial charge is 0.453 e. The minimum absolute atomic E-state index is 0.0752. The van der Waals surface area contributed by atoms with Crippen molar-refractivity contribution in [1.29, 1.82) is 0 Å². The van der Waals surface area contributed by atoms with E-state index in [4.69, 9.17) is 0 Å². The Morgan fingerprint density at radius 3 is 2.59 bits per heavy atom. The fraction of sp³-hybridized carbons (Fsp3) is 0.583. The van der Waals surface area contributed by atoms with Gasteiger partial charge in [0.05, 0.1) is 13.7 Å². The van der Waals surface area contributed by atoms with Crippen molar-refractivity contribution in [3.63, 3.8) is 0 Å².